The third-order valence-corrected chi connectivity index (χ3v) is 4.66. The number of anilines is 1. The molecule has 2 N–H and O–H groups in total. The summed E-state index contributed by atoms with van der Waals surface area (Å²) in [6, 6.07) is 16.8. The SMILES string of the molecule is CN=C(NCc1cccc(N2CC=CC2)c1)NCC(C)Oc1cccc(C)c1. The molecule has 148 valence electrons. The predicted molar refractivity (Wildman–Crippen MR) is 117 cm³/mol. The Kier molecular flexibility index (Phi) is 6.95. The molecule has 0 saturated heterocycles. The average molecular weight is 379 g/mol. The Bertz CT molecular complexity index is 823. The second kappa shape index (κ2) is 9.83. The largest absolute Gasteiger partial charge is 0.489 e. The van der Waals surface area contributed by atoms with Crippen molar-refractivity contribution in [3.8, 4) is 5.75 Å². The van der Waals surface area contributed by atoms with Crippen molar-refractivity contribution in [1.29, 1.82) is 0 Å². The quantitative estimate of drug-likeness (QED) is 0.440. The zero-order valence-corrected chi connectivity index (χ0v) is 17.0. The molecule has 0 saturated carbocycles. The molecule has 1 atom stereocenters. The lowest BCUT2D eigenvalue weighted by molar-refractivity contribution is 0.223. The van der Waals surface area contributed by atoms with Crippen LogP contribution in [0, 0.1) is 6.92 Å². The Balaban J connectivity index is 1.46. The molecule has 0 spiro atoms. The maximum absolute atomic E-state index is 5.97. The number of rotatable bonds is 7. The van der Waals surface area contributed by atoms with Gasteiger partial charge in [-0.15, -0.1) is 0 Å². The normalized spacial score (nSPS) is 14.8. The first-order valence-electron chi connectivity index (χ1n) is 9.81. The number of ether oxygens (including phenoxy) is 1. The molecule has 1 heterocycles. The fourth-order valence-corrected chi connectivity index (χ4v) is 3.16. The van der Waals surface area contributed by atoms with E-state index in [1.807, 2.05) is 18.2 Å². The maximum Gasteiger partial charge on any atom is 0.191 e. The average Bonchev–Trinajstić information content (AvgIpc) is 3.23. The zero-order valence-electron chi connectivity index (χ0n) is 17.0. The molecule has 1 aliphatic rings. The highest BCUT2D eigenvalue weighted by Gasteiger charge is 2.09. The molecule has 2 aromatic rings. The number of aryl methyl sites for hydroxylation is 1. The first kappa shape index (κ1) is 19.8. The Labute approximate surface area is 168 Å². The molecule has 0 radical (unpaired) electrons. The summed E-state index contributed by atoms with van der Waals surface area (Å²) in [7, 11) is 1.79. The van der Waals surface area contributed by atoms with Gasteiger partial charge in [-0.1, -0.05) is 36.4 Å². The van der Waals surface area contributed by atoms with Crippen LogP contribution >= 0.6 is 0 Å². The minimum Gasteiger partial charge on any atom is -0.489 e. The molecule has 0 aliphatic carbocycles. The van der Waals surface area contributed by atoms with Crippen molar-refractivity contribution < 1.29 is 4.74 Å². The van der Waals surface area contributed by atoms with Crippen molar-refractivity contribution >= 4 is 11.6 Å². The van der Waals surface area contributed by atoms with Crippen molar-refractivity contribution in [1.82, 2.24) is 10.6 Å². The molecule has 1 unspecified atom stereocenters. The van der Waals surface area contributed by atoms with Crippen molar-refractivity contribution in [3.63, 3.8) is 0 Å². The lowest BCUT2D eigenvalue weighted by atomic mass is 10.2. The van der Waals surface area contributed by atoms with E-state index in [-0.39, 0.29) is 6.10 Å². The summed E-state index contributed by atoms with van der Waals surface area (Å²) in [5, 5.41) is 6.72. The van der Waals surface area contributed by atoms with Gasteiger partial charge in [0.1, 0.15) is 11.9 Å². The van der Waals surface area contributed by atoms with Gasteiger partial charge in [0.25, 0.3) is 0 Å². The monoisotopic (exact) mass is 378 g/mol. The molecule has 0 bridgehead atoms. The van der Waals surface area contributed by atoms with E-state index in [0.29, 0.717) is 6.54 Å². The van der Waals surface area contributed by atoms with E-state index in [0.717, 1.165) is 31.3 Å². The van der Waals surface area contributed by atoms with Crippen LogP contribution in [0.15, 0.2) is 65.7 Å². The number of nitrogens with zero attached hydrogens (tertiary/aromatic N) is 2. The van der Waals surface area contributed by atoms with Crippen molar-refractivity contribution in [2.45, 2.75) is 26.5 Å². The Morgan fingerprint density at radius 2 is 1.89 bits per heavy atom. The van der Waals surface area contributed by atoms with Crippen LogP contribution in [0.1, 0.15) is 18.1 Å². The summed E-state index contributed by atoms with van der Waals surface area (Å²) in [5.74, 6) is 1.67. The third kappa shape index (κ3) is 5.78. The molecule has 2 aromatic carbocycles. The van der Waals surface area contributed by atoms with Gasteiger partial charge in [-0.25, -0.2) is 0 Å². The minimum absolute atomic E-state index is 0.0337. The molecule has 28 heavy (non-hydrogen) atoms. The highest BCUT2D eigenvalue weighted by atomic mass is 16.5. The number of benzene rings is 2. The second-order valence-electron chi connectivity index (χ2n) is 7.10. The molecule has 5 heteroatoms. The van der Waals surface area contributed by atoms with E-state index in [1.165, 1.54) is 16.8 Å². The molecule has 0 amide bonds. The summed E-state index contributed by atoms with van der Waals surface area (Å²) in [4.78, 5) is 6.66. The van der Waals surface area contributed by atoms with Crippen LogP contribution in [-0.4, -0.2) is 38.7 Å². The molecule has 0 aromatic heterocycles. The van der Waals surface area contributed by atoms with Crippen molar-refractivity contribution in [2.75, 3.05) is 31.6 Å². The Morgan fingerprint density at radius 1 is 1.11 bits per heavy atom. The van der Waals surface area contributed by atoms with E-state index in [4.69, 9.17) is 4.74 Å². The van der Waals surface area contributed by atoms with Gasteiger partial charge >= 0.3 is 0 Å². The van der Waals surface area contributed by atoms with Crippen molar-refractivity contribution in [2.24, 2.45) is 4.99 Å². The van der Waals surface area contributed by atoms with E-state index in [9.17, 15) is 0 Å². The smallest absolute Gasteiger partial charge is 0.191 e. The highest BCUT2D eigenvalue weighted by molar-refractivity contribution is 5.79. The van der Waals surface area contributed by atoms with Gasteiger partial charge in [-0.2, -0.15) is 0 Å². The van der Waals surface area contributed by atoms with Crippen molar-refractivity contribution in [3.05, 3.63) is 71.8 Å². The molecule has 1 aliphatic heterocycles. The van der Waals surface area contributed by atoms with E-state index in [1.54, 1.807) is 7.05 Å². The molecular weight excluding hydrogens is 348 g/mol. The first-order chi connectivity index (χ1) is 13.6. The molecule has 5 nitrogen and oxygen atoms in total. The number of hydrogen-bond donors (Lipinski definition) is 2. The van der Waals surface area contributed by atoms with Crippen LogP contribution in [0.25, 0.3) is 0 Å². The number of nitrogens with one attached hydrogen (secondary N) is 2. The van der Waals surface area contributed by atoms with Crippen LogP contribution in [0.3, 0.4) is 0 Å². The first-order valence-corrected chi connectivity index (χ1v) is 9.81. The van der Waals surface area contributed by atoms with Gasteiger partial charge in [-0.3, -0.25) is 4.99 Å². The topological polar surface area (TPSA) is 48.9 Å². The zero-order chi connectivity index (χ0) is 19.8. The van der Waals surface area contributed by atoms with E-state index >= 15 is 0 Å². The second-order valence-corrected chi connectivity index (χ2v) is 7.10. The predicted octanol–water partition coefficient (Wildman–Crippen LogP) is 3.50. The van der Waals surface area contributed by atoms with Gasteiger partial charge in [0.15, 0.2) is 5.96 Å². The Hall–Kier alpha value is -2.95. The number of guanidine groups is 1. The van der Waals surface area contributed by atoms with Crippen LogP contribution in [0.5, 0.6) is 5.75 Å². The van der Waals surface area contributed by atoms with Crippen LogP contribution in [0.2, 0.25) is 0 Å². The summed E-state index contributed by atoms with van der Waals surface area (Å²) >= 11 is 0. The number of aliphatic imine (C=N–C) groups is 1. The highest BCUT2D eigenvalue weighted by Crippen LogP contribution is 2.18. The molecule has 0 fully saturated rings. The van der Waals surface area contributed by atoms with Gasteiger partial charge in [0, 0.05) is 32.4 Å². The summed E-state index contributed by atoms with van der Waals surface area (Å²) < 4.78 is 5.97. The lowest BCUT2D eigenvalue weighted by Gasteiger charge is -2.20. The Morgan fingerprint density at radius 3 is 2.64 bits per heavy atom. The number of hydrogen-bond acceptors (Lipinski definition) is 3. The summed E-state index contributed by atoms with van der Waals surface area (Å²) in [6.07, 6.45) is 4.44. The fourth-order valence-electron chi connectivity index (χ4n) is 3.16. The van der Waals surface area contributed by atoms with Crippen LogP contribution < -0.4 is 20.3 Å². The van der Waals surface area contributed by atoms with Crippen LogP contribution in [0.4, 0.5) is 5.69 Å². The van der Waals surface area contributed by atoms with Gasteiger partial charge in [0.2, 0.25) is 0 Å². The van der Waals surface area contributed by atoms with Gasteiger partial charge < -0.3 is 20.3 Å². The van der Waals surface area contributed by atoms with Crippen LogP contribution in [-0.2, 0) is 6.54 Å². The maximum atomic E-state index is 5.97. The third-order valence-electron chi connectivity index (χ3n) is 4.66. The minimum atomic E-state index is 0.0337. The standard InChI is InChI=1S/C23H30N4O/c1-18-8-6-11-22(14-18)28-19(2)16-25-23(24-3)26-17-20-9-7-10-21(15-20)27-12-4-5-13-27/h4-11,14-15,19H,12-13,16-17H2,1-3H3,(H2,24,25,26). The molecular formula is C23H30N4O. The van der Waals surface area contributed by atoms with E-state index in [2.05, 4.69) is 76.9 Å². The summed E-state index contributed by atoms with van der Waals surface area (Å²) in [5.41, 5.74) is 3.69. The molecule has 3 rings (SSSR count). The summed E-state index contributed by atoms with van der Waals surface area (Å²) in [6.45, 7) is 7.49. The van der Waals surface area contributed by atoms with Gasteiger partial charge in [-0.05, 0) is 49.2 Å². The lowest BCUT2D eigenvalue weighted by Crippen LogP contribution is -2.41. The fraction of sp³-hybridized carbons (Fsp3) is 0.348. The van der Waals surface area contributed by atoms with Gasteiger partial charge in [0.05, 0.1) is 6.54 Å². The van der Waals surface area contributed by atoms with E-state index < -0.39 is 0 Å².